The highest BCUT2D eigenvalue weighted by atomic mass is 16.5. The van der Waals surface area contributed by atoms with E-state index in [1.165, 1.54) is 0 Å². The molecule has 0 unspecified atom stereocenters. The summed E-state index contributed by atoms with van der Waals surface area (Å²) in [6, 6.07) is 2.26. The van der Waals surface area contributed by atoms with Crippen LogP contribution >= 0.6 is 0 Å². The zero-order valence-electron chi connectivity index (χ0n) is 11.2. The SMILES string of the molecule is COC[C@H](C)n1c(C)nnc1-c1cncc(C)c1. The zero-order valence-corrected chi connectivity index (χ0v) is 11.2. The Bertz CT molecular complexity index is 536. The van der Waals surface area contributed by atoms with E-state index in [-0.39, 0.29) is 6.04 Å². The molecule has 0 radical (unpaired) electrons. The van der Waals surface area contributed by atoms with Crippen LogP contribution in [0.2, 0.25) is 0 Å². The molecule has 0 aliphatic heterocycles. The summed E-state index contributed by atoms with van der Waals surface area (Å²) in [6.45, 7) is 6.69. The number of ether oxygens (including phenoxy) is 1. The highest BCUT2D eigenvalue weighted by Gasteiger charge is 2.16. The summed E-state index contributed by atoms with van der Waals surface area (Å²) >= 11 is 0. The minimum atomic E-state index is 0.195. The third-order valence-electron chi connectivity index (χ3n) is 2.85. The molecule has 2 aromatic rings. The number of methoxy groups -OCH3 is 1. The van der Waals surface area contributed by atoms with Crippen LogP contribution < -0.4 is 0 Å². The smallest absolute Gasteiger partial charge is 0.165 e. The molecular formula is C13H18N4O. The Morgan fingerprint density at radius 3 is 2.72 bits per heavy atom. The number of aryl methyl sites for hydroxylation is 2. The fourth-order valence-electron chi connectivity index (χ4n) is 2.09. The van der Waals surface area contributed by atoms with Gasteiger partial charge in [-0.25, -0.2) is 0 Å². The predicted octanol–water partition coefficient (Wildman–Crippen LogP) is 2.16. The van der Waals surface area contributed by atoms with Crippen molar-refractivity contribution in [3.8, 4) is 11.4 Å². The van der Waals surface area contributed by atoms with E-state index in [9.17, 15) is 0 Å². The van der Waals surface area contributed by atoms with Gasteiger partial charge in [-0.2, -0.15) is 0 Å². The number of hydrogen-bond donors (Lipinski definition) is 0. The highest BCUT2D eigenvalue weighted by Crippen LogP contribution is 2.22. The quantitative estimate of drug-likeness (QED) is 0.829. The van der Waals surface area contributed by atoms with Crippen LogP contribution in [0, 0.1) is 13.8 Å². The van der Waals surface area contributed by atoms with Gasteiger partial charge in [0, 0.05) is 25.1 Å². The monoisotopic (exact) mass is 246 g/mol. The van der Waals surface area contributed by atoms with Gasteiger partial charge in [-0.1, -0.05) is 0 Å². The molecular weight excluding hydrogens is 228 g/mol. The van der Waals surface area contributed by atoms with E-state index in [2.05, 4.69) is 32.7 Å². The Kier molecular flexibility index (Phi) is 3.72. The fourth-order valence-corrected chi connectivity index (χ4v) is 2.09. The van der Waals surface area contributed by atoms with Crippen LogP contribution in [0.1, 0.15) is 24.4 Å². The summed E-state index contributed by atoms with van der Waals surface area (Å²) < 4.78 is 7.29. The second kappa shape index (κ2) is 5.27. The van der Waals surface area contributed by atoms with Crippen LogP contribution in [0.5, 0.6) is 0 Å². The van der Waals surface area contributed by atoms with Crippen molar-refractivity contribution in [2.45, 2.75) is 26.8 Å². The van der Waals surface area contributed by atoms with Crippen molar-refractivity contribution in [3.05, 3.63) is 29.8 Å². The average molecular weight is 246 g/mol. The van der Waals surface area contributed by atoms with Gasteiger partial charge in [-0.15, -0.1) is 10.2 Å². The largest absolute Gasteiger partial charge is 0.383 e. The van der Waals surface area contributed by atoms with E-state index in [1.807, 2.05) is 26.2 Å². The van der Waals surface area contributed by atoms with Crippen molar-refractivity contribution < 1.29 is 4.74 Å². The van der Waals surface area contributed by atoms with Crippen molar-refractivity contribution >= 4 is 0 Å². The number of pyridine rings is 1. The molecule has 5 heteroatoms. The number of aromatic nitrogens is 4. The van der Waals surface area contributed by atoms with Gasteiger partial charge in [0.25, 0.3) is 0 Å². The Morgan fingerprint density at radius 1 is 1.28 bits per heavy atom. The summed E-state index contributed by atoms with van der Waals surface area (Å²) in [5.41, 5.74) is 2.10. The van der Waals surface area contributed by atoms with E-state index < -0.39 is 0 Å². The van der Waals surface area contributed by atoms with Crippen LogP contribution in [0.3, 0.4) is 0 Å². The summed E-state index contributed by atoms with van der Waals surface area (Å²) in [5, 5.41) is 8.40. The Balaban J connectivity index is 2.45. The third kappa shape index (κ3) is 2.41. The minimum Gasteiger partial charge on any atom is -0.383 e. The molecule has 2 aromatic heterocycles. The molecule has 0 saturated heterocycles. The molecule has 1 atom stereocenters. The van der Waals surface area contributed by atoms with E-state index in [4.69, 9.17) is 4.74 Å². The number of nitrogens with zero attached hydrogens (tertiary/aromatic N) is 4. The third-order valence-corrected chi connectivity index (χ3v) is 2.85. The van der Waals surface area contributed by atoms with Gasteiger partial charge in [0.1, 0.15) is 5.82 Å². The maximum absolute atomic E-state index is 5.20. The molecule has 0 saturated carbocycles. The standard InChI is InChI=1S/C13H18N4O/c1-9-5-12(7-14-6-9)13-16-15-11(3)17(13)10(2)8-18-4/h5-7,10H,8H2,1-4H3/t10-/m0/s1. The van der Waals surface area contributed by atoms with Gasteiger partial charge in [-0.3, -0.25) is 4.98 Å². The first-order valence-corrected chi connectivity index (χ1v) is 5.96. The lowest BCUT2D eigenvalue weighted by molar-refractivity contribution is 0.162. The number of hydrogen-bond acceptors (Lipinski definition) is 4. The Hall–Kier alpha value is -1.75. The lowest BCUT2D eigenvalue weighted by Gasteiger charge is -2.16. The van der Waals surface area contributed by atoms with Crippen LogP contribution in [0.25, 0.3) is 11.4 Å². The molecule has 18 heavy (non-hydrogen) atoms. The van der Waals surface area contributed by atoms with E-state index in [0.717, 1.165) is 22.8 Å². The maximum Gasteiger partial charge on any atom is 0.165 e. The first-order valence-electron chi connectivity index (χ1n) is 5.96. The van der Waals surface area contributed by atoms with Crippen molar-refractivity contribution in [1.29, 1.82) is 0 Å². The summed E-state index contributed by atoms with van der Waals surface area (Å²) in [4.78, 5) is 4.20. The molecule has 0 aliphatic carbocycles. The first-order chi connectivity index (χ1) is 8.63. The van der Waals surface area contributed by atoms with E-state index in [1.54, 1.807) is 7.11 Å². The molecule has 0 fully saturated rings. The molecule has 0 aliphatic rings. The topological polar surface area (TPSA) is 52.8 Å². The summed E-state index contributed by atoms with van der Waals surface area (Å²) in [6.07, 6.45) is 3.64. The van der Waals surface area contributed by atoms with Gasteiger partial charge in [0.2, 0.25) is 0 Å². The predicted molar refractivity (Wildman–Crippen MR) is 69.3 cm³/mol. The molecule has 0 aromatic carbocycles. The molecule has 0 bridgehead atoms. The van der Waals surface area contributed by atoms with E-state index in [0.29, 0.717) is 6.61 Å². The van der Waals surface area contributed by atoms with Crippen molar-refractivity contribution in [1.82, 2.24) is 19.7 Å². The Morgan fingerprint density at radius 2 is 2.06 bits per heavy atom. The molecule has 2 rings (SSSR count). The van der Waals surface area contributed by atoms with Gasteiger partial charge >= 0.3 is 0 Å². The van der Waals surface area contributed by atoms with Crippen LogP contribution in [-0.4, -0.2) is 33.5 Å². The maximum atomic E-state index is 5.20. The minimum absolute atomic E-state index is 0.195. The van der Waals surface area contributed by atoms with Crippen LogP contribution in [0.4, 0.5) is 0 Å². The first kappa shape index (κ1) is 12.7. The fraction of sp³-hybridized carbons (Fsp3) is 0.462. The Labute approximate surface area is 107 Å². The lowest BCUT2D eigenvalue weighted by Crippen LogP contribution is -2.14. The van der Waals surface area contributed by atoms with Crippen molar-refractivity contribution in [3.63, 3.8) is 0 Å². The van der Waals surface area contributed by atoms with Gasteiger partial charge in [0.05, 0.1) is 12.6 Å². The molecule has 5 nitrogen and oxygen atoms in total. The lowest BCUT2D eigenvalue weighted by atomic mass is 10.2. The molecule has 0 N–H and O–H groups in total. The molecule has 96 valence electrons. The number of rotatable bonds is 4. The second-order valence-electron chi connectivity index (χ2n) is 4.50. The van der Waals surface area contributed by atoms with Crippen LogP contribution in [-0.2, 0) is 4.74 Å². The molecule has 2 heterocycles. The zero-order chi connectivity index (χ0) is 13.1. The molecule has 0 spiro atoms. The van der Waals surface area contributed by atoms with Crippen molar-refractivity contribution in [2.75, 3.05) is 13.7 Å². The summed E-state index contributed by atoms with van der Waals surface area (Å²) in [5.74, 6) is 1.73. The van der Waals surface area contributed by atoms with E-state index >= 15 is 0 Å². The van der Waals surface area contributed by atoms with Gasteiger partial charge in [-0.05, 0) is 32.4 Å². The second-order valence-corrected chi connectivity index (χ2v) is 4.50. The van der Waals surface area contributed by atoms with Gasteiger partial charge < -0.3 is 9.30 Å². The van der Waals surface area contributed by atoms with Crippen molar-refractivity contribution in [2.24, 2.45) is 0 Å². The normalized spacial score (nSPS) is 12.7. The van der Waals surface area contributed by atoms with Crippen LogP contribution in [0.15, 0.2) is 18.5 Å². The summed E-state index contributed by atoms with van der Waals surface area (Å²) in [7, 11) is 1.70. The van der Waals surface area contributed by atoms with Gasteiger partial charge in [0.15, 0.2) is 5.82 Å². The highest BCUT2D eigenvalue weighted by molar-refractivity contribution is 5.55. The average Bonchev–Trinajstić information content (AvgIpc) is 2.71. The molecule has 0 amide bonds.